The monoisotopic (exact) mass is 508 g/mol. The Bertz CT molecular complexity index is 663. The van der Waals surface area contributed by atoms with E-state index in [-0.39, 0.29) is 12.6 Å². The van der Waals surface area contributed by atoms with E-state index in [0.29, 0.717) is 17.4 Å². The van der Waals surface area contributed by atoms with Crippen LogP contribution in [0, 0.1) is 29.4 Å². The van der Waals surface area contributed by atoms with Gasteiger partial charge in [0.05, 0.1) is 6.67 Å². The minimum Gasteiger partial charge on any atom is -0.251 e. The lowest BCUT2D eigenvalue weighted by molar-refractivity contribution is 0.105. The van der Waals surface area contributed by atoms with Crippen LogP contribution < -0.4 is 0 Å². The van der Waals surface area contributed by atoms with Crippen molar-refractivity contribution in [2.45, 2.75) is 94.2 Å². The van der Waals surface area contributed by atoms with Crippen LogP contribution in [0.15, 0.2) is 12.1 Å². The molecule has 176 valence electrons. The van der Waals surface area contributed by atoms with Crippen LogP contribution in [0.2, 0.25) is 0 Å². The predicted molar refractivity (Wildman–Crippen MR) is 118 cm³/mol. The van der Waals surface area contributed by atoms with Crippen molar-refractivity contribution in [3.63, 3.8) is 0 Å². The third-order valence-electron chi connectivity index (χ3n) is 7.62. The molecule has 6 heteroatoms. The topological polar surface area (TPSA) is 0 Å². The lowest BCUT2D eigenvalue weighted by Crippen LogP contribution is -2.16. The molecule has 0 aromatic heterocycles. The highest BCUT2D eigenvalue weighted by Crippen LogP contribution is 2.42. The molecule has 2 aliphatic carbocycles. The first kappa shape index (κ1) is 25.0. The van der Waals surface area contributed by atoms with Crippen LogP contribution in [0.25, 0.3) is 0 Å². The van der Waals surface area contributed by atoms with Gasteiger partial charge < -0.3 is 0 Å². The van der Waals surface area contributed by atoms with Crippen LogP contribution in [0.5, 0.6) is 0 Å². The predicted octanol–water partition coefficient (Wildman–Crippen LogP) is 9.41. The summed E-state index contributed by atoms with van der Waals surface area (Å²) in [5, 5.41) is 0. The van der Waals surface area contributed by atoms with Crippen molar-refractivity contribution in [1.82, 2.24) is 0 Å². The minimum absolute atomic E-state index is 0.0396. The number of hydrogen-bond acceptors (Lipinski definition) is 0. The Morgan fingerprint density at radius 1 is 0.742 bits per heavy atom. The Kier molecular flexibility index (Phi) is 9.24. The van der Waals surface area contributed by atoms with Crippen LogP contribution in [-0.4, -0.2) is 6.67 Å². The molecule has 0 N–H and O–H groups in total. The van der Waals surface area contributed by atoms with E-state index >= 15 is 0 Å². The van der Waals surface area contributed by atoms with Gasteiger partial charge in [0.2, 0.25) is 0 Å². The average molecular weight is 509 g/mol. The number of benzene rings is 1. The maximum atomic E-state index is 14.1. The Hall–Kier alpha value is -0.650. The molecule has 2 fully saturated rings. The van der Waals surface area contributed by atoms with E-state index in [9.17, 15) is 22.0 Å². The molecule has 3 rings (SSSR count). The van der Waals surface area contributed by atoms with E-state index in [1.54, 1.807) is 0 Å². The summed E-state index contributed by atoms with van der Waals surface area (Å²) < 4.78 is 67.3. The van der Waals surface area contributed by atoms with E-state index in [1.165, 1.54) is 51.4 Å². The van der Waals surface area contributed by atoms with Crippen LogP contribution in [0.3, 0.4) is 0 Å². The SMILES string of the molecule is FCCC1CCC(CCCCC2CCC(c3cc(F)c(C(F)(F)Br)c(F)c3)CC2)CC1. The van der Waals surface area contributed by atoms with Gasteiger partial charge in [-0.3, -0.25) is 4.39 Å². The molecule has 2 saturated carbocycles. The van der Waals surface area contributed by atoms with Gasteiger partial charge in [-0.25, -0.2) is 8.78 Å². The van der Waals surface area contributed by atoms with Gasteiger partial charge in [-0.2, -0.15) is 8.78 Å². The van der Waals surface area contributed by atoms with Gasteiger partial charge >= 0.3 is 4.83 Å². The molecule has 0 radical (unpaired) electrons. The van der Waals surface area contributed by atoms with Gasteiger partial charge in [0.25, 0.3) is 0 Å². The second-order valence-electron chi connectivity index (χ2n) is 9.72. The minimum atomic E-state index is -3.70. The van der Waals surface area contributed by atoms with Crippen molar-refractivity contribution in [2.75, 3.05) is 6.67 Å². The first-order chi connectivity index (χ1) is 14.8. The summed E-state index contributed by atoms with van der Waals surface area (Å²) in [7, 11) is 0. The maximum absolute atomic E-state index is 14.1. The molecule has 0 bridgehead atoms. The molecule has 0 unspecified atom stereocenters. The van der Waals surface area contributed by atoms with Crippen LogP contribution >= 0.6 is 15.9 Å². The molecule has 0 amide bonds. The Balaban J connectivity index is 1.37. The summed E-state index contributed by atoms with van der Waals surface area (Å²) in [6.07, 6.45) is 14.3. The fourth-order valence-electron chi connectivity index (χ4n) is 5.71. The van der Waals surface area contributed by atoms with Crippen molar-refractivity contribution < 1.29 is 22.0 Å². The number of rotatable bonds is 9. The Morgan fingerprint density at radius 2 is 1.16 bits per heavy atom. The molecule has 31 heavy (non-hydrogen) atoms. The summed E-state index contributed by atoms with van der Waals surface area (Å²) >= 11 is 2.05. The normalized spacial score (nSPS) is 27.4. The van der Waals surface area contributed by atoms with Crippen molar-refractivity contribution >= 4 is 15.9 Å². The lowest BCUT2D eigenvalue weighted by Gasteiger charge is -2.30. The average Bonchev–Trinajstić information content (AvgIpc) is 2.71. The molecular weight excluding hydrogens is 475 g/mol. The summed E-state index contributed by atoms with van der Waals surface area (Å²) in [5.41, 5.74) is -0.710. The standard InChI is InChI=1S/C25H34BrF5/c26-25(30,31)24-22(28)15-21(16-23(24)29)20-11-9-18(10-12-20)4-2-1-3-17-5-7-19(8-6-17)13-14-27/h15-20H,1-14H2. The quantitative estimate of drug-likeness (QED) is 0.177. The van der Waals surface area contributed by atoms with Crippen LogP contribution in [0.4, 0.5) is 22.0 Å². The van der Waals surface area contributed by atoms with Gasteiger partial charge in [0.15, 0.2) is 0 Å². The zero-order valence-electron chi connectivity index (χ0n) is 18.1. The zero-order valence-corrected chi connectivity index (χ0v) is 19.7. The van der Waals surface area contributed by atoms with E-state index in [0.717, 1.165) is 50.2 Å². The second kappa shape index (κ2) is 11.5. The van der Waals surface area contributed by atoms with E-state index in [2.05, 4.69) is 15.9 Å². The Labute approximate surface area is 191 Å². The van der Waals surface area contributed by atoms with E-state index in [4.69, 9.17) is 0 Å². The summed E-state index contributed by atoms with van der Waals surface area (Å²) in [4.78, 5) is -3.70. The highest BCUT2D eigenvalue weighted by Gasteiger charge is 2.35. The van der Waals surface area contributed by atoms with Gasteiger partial charge in [-0.05, 0) is 89.4 Å². The van der Waals surface area contributed by atoms with Gasteiger partial charge in [0, 0.05) is 0 Å². The fourth-order valence-corrected chi connectivity index (χ4v) is 6.09. The molecule has 0 aliphatic heterocycles. The van der Waals surface area contributed by atoms with Gasteiger partial charge in [-0.1, -0.05) is 51.4 Å². The van der Waals surface area contributed by atoms with Crippen molar-refractivity contribution in [2.24, 2.45) is 17.8 Å². The van der Waals surface area contributed by atoms with Crippen molar-refractivity contribution in [3.8, 4) is 0 Å². The van der Waals surface area contributed by atoms with Gasteiger partial charge in [-0.15, -0.1) is 0 Å². The highest BCUT2D eigenvalue weighted by molar-refractivity contribution is 9.09. The number of halogens is 6. The highest BCUT2D eigenvalue weighted by atomic mass is 79.9. The molecular formula is C25H34BrF5. The van der Waals surface area contributed by atoms with Crippen LogP contribution in [0.1, 0.15) is 101 Å². The van der Waals surface area contributed by atoms with Crippen LogP contribution in [-0.2, 0) is 4.83 Å². The smallest absolute Gasteiger partial charge is 0.251 e. The summed E-state index contributed by atoms with van der Waals surface area (Å²) in [5.74, 6) is -0.262. The third-order valence-corrected chi connectivity index (χ3v) is 8.02. The molecule has 0 spiro atoms. The maximum Gasteiger partial charge on any atom is 0.332 e. The molecule has 0 heterocycles. The zero-order chi connectivity index (χ0) is 22.4. The first-order valence-corrected chi connectivity index (χ1v) is 12.7. The van der Waals surface area contributed by atoms with Crippen molar-refractivity contribution in [1.29, 1.82) is 0 Å². The molecule has 0 nitrogen and oxygen atoms in total. The molecule has 0 saturated heterocycles. The number of alkyl halides is 4. The number of unbranched alkanes of at least 4 members (excludes halogenated alkanes) is 1. The molecule has 2 aliphatic rings. The number of hydrogen-bond donors (Lipinski definition) is 0. The molecule has 1 aromatic carbocycles. The van der Waals surface area contributed by atoms with E-state index < -0.39 is 22.0 Å². The third kappa shape index (κ3) is 7.17. The summed E-state index contributed by atoms with van der Waals surface area (Å²) in [6, 6.07) is 2.17. The second-order valence-corrected chi connectivity index (χ2v) is 10.7. The molecule has 0 atom stereocenters. The lowest BCUT2D eigenvalue weighted by atomic mass is 9.76. The summed E-state index contributed by atoms with van der Waals surface area (Å²) in [6.45, 7) is -0.181. The van der Waals surface area contributed by atoms with Crippen molar-refractivity contribution in [3.05, 3.63) is 34.9 Å². The Morgan fingerprint density at radius 3 is 1.58 bits per heavy atom. The van der Waals surface area contributed by atoms with E-state index in [1.807, 2.05) is 0 Å². The van der Waals surface area contributed by atoms with Gasteiger partial charge in [0.1, 0.15) is 17.2 Å². The first-order valence-electron chi connectivity index (χ1n) is 11.9. The fraction of sp³-hybridized carbons (Fsp3) is 0.760. The molecule has 1 aromatic rings. The largest absolute Gasteiger partial charge is 0.332 e.